The maximum Gasteiger partial charge on any atom is 0.328 e. The van der Waals surface area contributed by atoms with Crippen LogP contribution >= 0.6 is 0 Å². The molecule has 0 fully saturated rings. The minimum absolute atomic E-state index is 0.154. The first kappa shape index (κ1) is 34.1. The van der Waals surface area contributed by atoms with E-state index >= 15 is 0 Å². The lowest BCUT2D eigenvalue weighted by Gasteiger charge is -2.21. The van der Waals surface area contributed by atoms with Gasteiger partial charge in [-0.15, -0.1) is 0 Å². The maximum atomic E-state index is 12.6. The fourth-order valence-corrected chi connectivity index (χ4v) is 5.13. The second kappa shape index (κ2) is 15.4. The zero-order valence-corrected chi connectivity index (χ0v) is 26.6. The number of hydrogen-bond donors (Lipinski definition) is 3. The summed E-state index contributed by atoms with van der Waals surface area (Å²) < 4.78 is 29.3. The molecule has 2 aromatic carbocycles. The number of sulfonamides is 1. The van der Waals surface area contributed by atoms with Crippen molar-refractivity contribution in [3.63, 3.8) is 0 Å². The minimum Gasteiger partial charge on any atom is -0.378 e. The Bertz CT molecular complexity index is 1680. The second-order valence-electron chi connectivity index (χ2n) is 11.4. The van der Waals surface area contributed by atoms with Crippen LogP contribution in [0.3, 0.4) is 0 Å². The third kappa shape index (κ3) is 10.4. The summed E-state index contributed by atoms with van der Waals surface area (Å²) in [6.45, 7) is 6.25. The van der Waals surface area contributed by atoms with E-state index in [0.717, 1.165) is 24.9 Å². The quantitative estimate of drug-likeness (QED) is 0.137. The van der Waals surface area contributed by atoms with Crippen molar-refractivity contribution in [3.05, 3.63) is 87.2 Å². The van der Waals surface area contributed by atoms with E-state index in [1.165, 1.54) is 35.0 Å². The van der Waals surface area contributed by atoms with Crippen LogP contribution in [0.25, 0.3) is 6.08 Å². The summed E-state index contributed by atoms with van der Waals surface area (Å²) in [5, 5.41) is 11.1. The van der Waals surface area contributed by atoms with E-state index in [-0.39, 0.29) is 16.4 Å². The van der Waals surface area contributed by atoms with Gasteiger partial charge in [0.15, 0.2) is 0 Å². The summed E-state index contributed by atoms with van der Waals surface area (Å²) in [7, 11) is 0.271. The molecule has 0 spiro atoms. The highest BCUT2D eigenvalue weighted by Gasteiger charge is 2.16. The predicted octanol–water partition coefficient (Wildman–Crippen LogP) is 4.44. The van der Waals surface area contributed by atoms with E-state index in [2.05, 4.69) is 25.3 Å². The summed E-state index contributed by atoms with van der Waals surface area (Å²) in [6.07, 6.45) is 7.04. The van der Waals surface area contributed by atoms with Gasteiger partial charge in [0.1, 0.15) is 0 Å². The summed E-state index contributed by atoms with van der Waals surface area (Å²) in [4.78, 5) is 40.6. The van der Waals surface area contributed by atoms with Crippen LogP contribution in [-0.2, 0) is 20.4 Å². The first-order valence-corrected chi connectivity index (χ1v) is 15.9. The zero-order valence-electron chi connectivity index (χ0n) is 25.8. The van der Waals surface area contributed by atoms with Crippen molar-refractivity contribution < 1.29 is 13.2 Å². The van der Waals surface area contributed by atoms with Gasteiger partial charge in [0, 0.05) is 50.7 Å². The van der Waals surface area contributed by atoms with Crippen molar-refractivity contribution in [2.75, 3.05) is 32.1 Å². The Hall–Kier alpha value is -4.36. The van der Waals surface area contributed by atoms with E-state index in [1.54, 1.807) is 12.1 Å². The van der Waals surface area contributed by atoms with Crippen molar-refractivity contribution >= 4 is 39.1 Å². The number of azo groups is 1. The fourth-order valence-electron chi connectivity index (χ4n) is 4.06. The first-order chi connectivity index (χ1) is 20.8. The second-order valence-corrected chi connectivity index (χ2v) is 13.2. The van der Waals surface area contributed by atoms with Crippen LogP contribution in [0.15, 0.2) is 85.5 Å². The van der Waals surface area contributed by atoms with Crippen LogP contribution in [0.2, 0.25) is 0 Å². The molecule has 0 aliphatic rings. The summed E-state index contributed by atoms with van der Waals surface area (Å²) in [5.41, 5.74) is 0.919. The number of benzene rings is 2. The molecule has 0 atom stereocenters. The van der Waals surface area contributed by atoms with Crippen LogP contribution in [0, 0.1) is 0 Å². The van der Waals surface area contributed by atoms with Gasteiger partial charge in [0.25, 0.3) is 5.56 Å². The average molecular weight is 624 g/mol. The molecule has 3 rings (SSSR count). The minimum atomic E-state index is -3.65. The summed E-state index contributed by atoms with van der Waals surface area (Å²) in [6, 6.07) is 13.8. The Labute approximate surface area is 258 Å². The van der Waals surface area contributed by atoms with E-state index in [4.69, 9.17) is 0 Å². The molecular weight excluding hydrogens is 582 g/mol. The number of nitrogens with one attached hydrogen (secondary N) is 3. The molecular formula is C31H41N7O5S. The number of amides is 1. The Morgan fingerprint density at radius 1 is 0.909 bits per heavy atom. The average Bonchev–Trinajstić information content (AvgIpc) is 2.96. The molecule has 13 heteroatoms. The van der Waals surface area contributed by atoms with Gasteiger partial charge >= 0.3 is 5.69 Å². The zero-order chi connectivity index (χ0) is 32.3. The molecule has 44 heavy (non-hydrogen) atoms. The highest BCUT2D eigenvalue weighted by atomic mass is 32.2. The molecule has 1 aromatic heterocycles. The van der Waals surface area contributed by atoms with E-state index in [0.29, 0.717) is 30.9 Å². The van der Waals surface area contributed by atoms with E-state index in [9.17, 15) is 22.8 Å². The van der Waals surface area contributed by atoms with Gasteiger partial charge in [-0.3, -0.25) is 19.1 Å². The molecule has 0 radical (unpaired) electrons. The molecule has 0 bridgehead atoms. The number of carbonyl (C=O) groups excluding carboxylic acids is 1. The lowest BCUT2D eigenvalue weighted by atomic mass is 10.1. The van der Waals surface area contributed by atoms with Crippen LogP contribution in [0.1, 0.15) is 52.0 Å². The first-order valence-electron chi connectivity index (χ1n) is 14.4. The highest BCUT2D eigenvalue weighted by molar-refractivity contribution is 7.89. The monoisotopic (exact) mass is 623 g/mol. The van der Waals surface area contributed by atoms with Gasteiger partial charge in [0.2, 0.25) is 15.9 Å². The lowest BCUT2D eigenvalue weighted by molar-refractivity contribution is -0.116. The smallest absolute Gasteiger partial charge is 0.328 e. The van der Waals surface area contributed by atoms with Crippen molar-refractivity contribution in [2.45, 2.75) is 56.9 Å². The third-order valence-corrected chi connectivity index (χ3v) is 8.07. The number of nitrogens with zero attached hydrogens (tertiary/aromatic N) is 4. The summed E-state index contributed by atoms with van der Waals surface area (Å²) >= 11 is 0. The van der Waals surface area contributed by atoms with Crippen LogP contribution in [-0.4, -0.2) is 51.1 Å². The van der Waals surface area contributed by atoms with Gasteiger partial charge in [-0.2, -0.15) is 10.2 Å². The molecule has 3 aromatic rings. The Morgan fingerprint density at radius 2 is 1.48 bits per heavy atom. The number of rotatable bonds is 14. The standard InChI is InChI=1S/C31H41N7O5S/c1-31(2,3)38-22-23(29(40)34-30(38)41)10-19-28(39)32-20-8-6-7-9-21-33-44(42,43)27-17-13-25(14-18-27)36-35-24-11-15-26(16-12-24)37(4)5/h10-19,22,33H,6-9,20-21H2,1-5H3,(H,32,39)(H,34,40,41)/b19-10+,36-35?. The molecule has 0 aliphatic carbocycles. The largest absolute Gasteiger partial charge is 0.378 e. The van der Waals surface area contributed by atoms with Crippen LogP contribution in [0.4, 0.5) is 17.1 Å². The number of anilines is 1. The van der Waals surface area contributed by atoms with Gasteiger partial charge in [-0.05, 0) is 88.2 Å². The molecule has 236 valence electrons. The molecule has 1 heterocycles. The number of unbranched alkanes of at least 4 members (excludes halogenated alkanes) is 3. The van der Waals surface area contributed by atoms with Crippen LogP contribution < -0.4 is 26.2 Å². The maximum absolute atomic E-state index is 12.6. The Morgan fingerprint density at radius 3 is 2.05 bits per heavy atom. The Kier molecular flexibility index (Phi) is 11.9. The number of hydrogen-bond acceptors (Lipinski definition) is 8. The number of carbonyl (C=O) groups is 1. The SMILES string of the molecule is CN(C)c1ccc(N=Nc2ccc(S(=O)(=O)NCCCCCCNC(=O)/C=C/c3cn(C(C)(C)C)c(=O)[nH]c3=O)cc2)cc1. The van der Waals surface area contributed by atoms with Crippen molar-refractivity contribution in [1.29, 1.82) is 0 Å². The van der Waals surface area contributed by atoms with E-state index in [1.807, 2.05) is 64.0 Å². The topological polar surface area (TPSA) is 158 Å². The normalized spacial score (nSPS) is 12.2. The van der Waals surface area contributed by atoms with Gasteiger partial charge in [-0.1, -0.05) is 12.8 Å². The van der Waals surface area contributed by atoms with Crippen LogP contribution in [0.5, 0.6) is 0 Å². The number of aromatic nitrogens is 2. The van der Waals surface area contributed by atoms with Crippen molar-refractivity contribution in [2.24, 2.45) is 10.2 Å². The molecule has 0 saturated carbocycles. The molecule has 3 N–H and O–H groups in total. The Balaban J connectivity index is 1.35. The van der Waals surface area contributed by atoms with Gasteiger partial charge in [-0.25, -0.2) is 17.9 Å². The highest BCUT2D eigenvalue weighted by Crippen LogP contribution is 2.22. The molecule has 0 unspecified atom stereocenters. The van der Waals surface area contributed by atoms with Gasteiger partial charge in [0.05, 0.1) is 21.8 Å². The summed E-state index contributed by atoms with van der Waals surface area (Å²) in [5.74, 6) is -0.350. The third-order valence-electron chi connectivity index (χ3n) is 6.60. The predicted molar refractivity (Wildman–Crippen MR) is 173 cm³/mol. The van der Waals surface area contributed by atoms with E-state index < -0.39 is 26.8 Å². The van der Waals surface area contributed by atoms with Gasteiger partial charge < -0.3 is 10.2 Å². The molecule has 0 aliphatic heterocycles. The molecule has 1 amide bonds. The van der Waals surface area contributed by atoms with Crippen molar-refractivity contribution in [3.8, 4) is 0 Å². The number of H-pyrrole nitrogens is 1. The fraction of sp³-hybridized carbons (Fsp3) is 0.387. The molecule has 12 nitrogen and oxygen atoms in total. The number of aromatic amines is 1. The van der Waals surface area contributed by atoms with Crippen molar-refractivity contribution in [1.82, 2.24) is 19.6 Å². The lowest BCUT2D eigenvalue weighted by Crippen LogP contribution is -2.39. The molecule has 0 saturated heterocycles.